The topological polar surface area (TPSA) is 57.7 Å². The van der Waals surface area contributed by atoms with Gasteiger partial charge in [0.05, 0.1) is 5.69 Å². The molecule has 0 saturated carbocycles. The Kier molecular flexibility index (Phi) is 3.72. The van der Waals surface area contributed by atoms with Gasteiger partial charge in [-0.1, -0.05) is 30.3 Å². The van der Waals surface area contributed by atoms with Crippen LogP contribution in [0.15, 0.2) is 61.1 Å². The highest BCUT2D eigenvalue weighted by molar-refractivity contribution is 5.79. The SMILES string of the molecule is c1ccc(-c2ncc3c(n2)CCN(Cc2c[nH]c4ncccc24)C3)cc1. The van der Waals surface area contributed by atoms with Gasteiger partial charge in [-0.2, -0.15) is 0 Å². The maximum Gasteiger partial charge on any atom is 0.159 e. The highest BCUT2D eigenvalue weighted by Gasteiger charge is 2.20. The zero-order chi connectivity index (χ0) is 17.3. The fraction of sp³-hybridized carbons (Fsp3) is 0.190. The van der Waals surface area contributed by atoms with Gasteiger partial charge in [0.15, 0.2) is 5.82 Å². The maximum absolute atomic E-state index is 4.81. The van der Waals surface area contributed by atoms with Crippen LogP contribution in [0.25, 0.3) is 22.4 Å². The van der Waals surface area contributed by atoms with Crippen LogP contribution >= 0.6 is 0 Å². The van der Waals surface area contributed by atoms with Crippen LogP contribution in [0.5, 0.6) is 0 Å². The van der Waals surface area contributed by atoms with E-state index >= 15 is 0 Å². The lowest BCUT2D eigenvalue weighted by atomic mass is 10.1. The Balaban J connectivity index is 1.37. The maximum atomic E-state index is 4.81. The van der Waals surface area contributed by atoms with Gasteiger partial charge in [-0.15, -0.1) is 0 Å². The van der Waals surface area contributed by atoms with E-state index in [0.717, 1.165) is 43.1 Å². The molecule has 0 spiro atoms. The number of hydrogen-bond donors (Lipinski definition) is 1. The molecule has 0 atom stereocenters. The van der Waals surface area contributed by atoms with Gasteiger partial charge in [-0.05, 0) is 17.7 Å². The number of nitrogens with zero attached hydrogens (tertiary/aromatic N) is 4. The van der Waals surface area contributed by atoms with Crippen molar-refractivity contribution in [3.8, 4) is 11.4 Å². The third-order valence-electron chi connectivity index (χ3n) is 4.98. The van der Waals surface area contributed by atoms with Gasteiger partial charge in [0.2, 0.25) is 0 Å². The number of aromatic nitrogens is 4. The second-order valence-electron chi connectivity index (χ2n) is 6.71. The Labute approximate surface area is 151 Å². The normalized spacial score (nSPS) is 14.5. The van der Waals surface area contributed by atoms with Crippen molar-refractivity contribution in [3.05, 3.63) is 77.9 Å². The molecule has 0 saturated heterocycles. The highest BCUT2D eigenvalue weighted by atomic mass is 15.1. The van der Waals surface area contributed by atoms with Crippen molar-refractivity contribution >= 4 is 11.0 Å². The van der Waals surface area contributed by atoms with Crippen LogP contribution in [0.3, 0.4) is 0 Å². The molecule has 1 aromatic carbocycles. The van der Waals surface area contributed by atoms with E-state index in [9.17, 15) is 0 Å². The number of fused-ring (bicyclic) bond motifs is 2. The van der Waals surface area contributed by atoms with Gasteiger partial charge in [-0.3, -0.25) is 4.90 Å². The molecule has 5 nitrogen and oxygen atoms in total. The lowest BCUT2D eigenvalue weighted by Gasteiger charge is -2.27. The summed E-state index contributed by atoms with van der Waals surface area (Å²) in [5.41, 5.74) is 5.72. The minimum atomic E-state index is 0.820. The van der Waals surface area contributed by atoms with E-state index in [1.54, 1.807) is 0 Å². The Morgan fingerprint density at radius 1 is 1.04 bits per heavy atom. The molecule has 26 heavy (non-hydrogen) atoms. The quantitative estimate of drug-likeness (QED) is 0.619. The summed E-state index contributed by atoms with van der Waals surface area (Å²) >= 11 is 0. The van der Waals surface area contributed by atoms with Gasteiger partial charge in [0.25, 0.3) is 0 Å². The number of benzene rings is 1. The van der Waals surface area contributed by atoms with E-state index in [2.05, 4.69) is 44.2 Å². The minimum absolute atomic E-state index is 0.820. The summed E-state index contributed by atoms with van der Waals surface area (Å²) in [5.74, 6) is 0.820. The summed E-state index contributed by atoms with van der Waals surface area (Å²) in [6.45, 7) is 2.80. The lowest BCUT2D eigenvalue weighted by Crippen LogP contribution is -2.30. The van der Waals surface area contributed by atoms with Crippen LogP contribution in [0.1, 0.15) is 16.8 Å². The van der Waals surface area contributed by atoms with Crippen LogP contribution in [0.2, 0.25) is 0 Å². The van der Waals surface area contributed by atoms with Gasteiger partial charge in [0, 0.05) is 61.2 Å². The van der Waals surface area contributed by atoms with Crippen molar-refractivity contribution in [2.75, 3.05) is 6.54 Å². The Morgan fingerprint density at radius 2 is 1.96 bits per heavy atom. The summed E-state index contributed by atoms with van der Waals surface area (Å²) in [6, 6.07) is 14.3. The van der Waals surface area contributed by atoms with Gasteiger partial charge in [0.1, 0.15) is 5.65 Å². The Bertz CT molecular complexity index is 1050. The molecule has 1 aliphatic heterocycles. The van der Waals surface area contributed by atoms with Crippen molar-refractivity contribution in [1.82, 2.24) is 24.8 Å². The molecule has 128 valence electrons. The average Bonchev–Trinajstić information content (AvgIpc) is 3.11. The predicted octanol–water partition coefficient (Wildman–Crippen LogP) is 3.58. The summed E-state index contributed by atoms with van der Waals surface area (Å²) in [7, 11) is 0. The molecule has 4 heterocycles. The molecular formula is C21H19N5. The molecule has 3 aromatic heterocycles. The Morgan fingerprint density at radius 3 is 2.88 bits per heavy atom. The van der Waals surface area contributed by atoms with E-state index in [0.29, 0.717) is 0 Å². The summed E-state index contributed by atoms with van der Waals surface area (Å²) < 4.78 is 0. The van der Waals surface area contributed by atoms with Gasteiger partial charge in [-0.25, -0.2) is 15.0 Å². The first-order chi connectivity index (χ1) is 12.9. The standard InChI is InChI=1S/C21H19N5/c1-2-5-15(6-3-1)20-23-12-17-14-26(10-8-19(17)25-20)13-16-11-24-21-18(16)7-4-9-22-21/h1-7,9,11-12H,8,10,13-14H2,(H,22,24). The number of hydrogen-bond acceptors (Lipinski definition) is 4. The van der Waals surface area contributed by atoms with Crippen LogP contribution < -0.4 is 0 Å². The minimum Gasteiger partial charge on any atom is -0.346 e. The predicted molar refractivity (Wildman–Crippen MR) is 101 cm³/mol. The molecule has 0 radical (unpaired) electrons. The third kappa shape index (κ3) is 2.76. The highest BCUT2D eigenvalue weighted by Crippen LogP contribution is 2.24. The number of pyridine rings is 1. The van der Waals surface area contributed by atoms with Crippen LogP contribution in [0.4, 0.5) is 0 Å². The number of nitrogens with one attached hydrogen (secondary N) is 1. The van der Waals surface area contributed by atoms with E-state index < -0.39 is 0 Å². The van der Waals surface area contributed by atoms with E-state index in [-0.39, 0.29) is 0 Å². The van der Waals surface area contributed by atoms with E-state index in [1.807, 2.05) is 36.7 Å². The average molecular weight is 341 g/mol. The molecule has 0 aliphatic carbocycles. The molecule has 0 fully saturated rings. The molecule has 5 heteroatoms. The lowest BCUT2D eigenvalue weighted by molar-refractivity contribution is 0.244. The Hall–Kier alpha value is -3.05. The van der Waals surface area contributed by atoms with Gasteiger partial charge >= 0.3 is 0 Å². The van der Waals surface area contributed by atoms with Crippen molar-refractivity contribution in [2.24, 2.45) is 0 Å². The van der Waals surface area contributed by atoms with Crippen molar-refractivity contribution in [1.29, 1.82) is 0 Å². The van der Waals surface area contributed by atoms with Gasteiger partial charge < -0.3 is 4.98 Å². The molecular weight excluding hydrogens is 322 g/mol. The van der Waals surface area contributed by atoms with E-state index in [4.69, 9.17) is 4.98 Å². The van der Waals surface area contributed by atoms with Crippen LogP contribution in [0, 0.1) is 0 Å². The second kappa shape index (κ2) is 6.35. The fourth-order valence-electron chi connectivity index (χ4n) is 3.62. The second-order valence-corrected chi connectivity index (χ2v) is 6.71. The largest absolute Gasteiger partial charge is 0.346 e. The summed E-state index contributed by atoms with van der Waals surface area (Å²) in [4.78, 5) is 19.5. The zero-order valence-corrected chi connectivity index (χ0v) is 14.4. The molecule has 1 aliphatic rings. The molecule has 1 N–H and O–H groups in total. The summed E-state index contributed by atoms with van der Waals surface area (Å²) in [5, 5.41) is 1.20. The first-order valence-electron chi connectivity index (χ1n) is 8.90. The van der Waals surface area contributed by atoms with Crippen molar-refractivity contribution < 1.29 is 0 Å². The fourth-order valence-corrected chi connectivity index (χ4v) is 3.62. The molecule has 4 aromatic rings. The molecule has 0 bridgehead atoms. The molecule has 5 rings (SSSR count). The van der Waals surface area contributed by atoms with Crippen molar-refractivity contribution in [3.63, 3.8) is 0 Å². The van der Waals surface area contributed by atoms with Crippen LogP contribution in [-0.2, 0) is 19.5 Å². The molecule has 0 amide bonds. The van der Waals surface area contributed by atoms with Crippen molar-refractivity contribution in [2.45, 2.75) is 19.5 Å². The number of H-pyrrole nitrogens is 1. The first-order valence-corrected chi connectivity index (χ1v) is 8.90. The molecule has 0 unspecified atom stereocenters. The monoisotopic (exact) mass is 341 g/mol. The summed E-state index contributed by atoms with van der Waals surface area (Å²) in [6.07, 6.45) is 6.84. The van der Waals surface area contributed by atoms with Crippen LogP contribution in [-0.4, -0.2) is 31.4 Å². The zero-order valence-electron chi connectivity index (χ0n) is 14.4. The number of aromatic amines is 1. The first kappa shape index (κ1) is 15.2. The van der Waals surface area contributed by atoms with E-state index in [1.165, 1.54) is 22.2 Å². The smallest absolute Gasteiger partial charge is 0.159 e. The third-order valence-corrected chi connectivity index (χ3v) is 4.98. The number of rotatable bonds is 3.